The van der Waals surface area contributed by atoms with Crippen molar-refractivity contribution in [3.63, 3.8) is 0 Å². The van der Waals surface area contributed by atoms with Crippen LogP contribution < -0.4 is 0 Å². The van der Waals surface area contributed by atoms with Crippen molar-refractivity contribution in [1.82, 2.24) is 0 Å². The van der Waals surface area contributed by atoms with Crippen molar-refractivity contribution in [2.24, 2.45) is 4.99 Å². The van der Waals surface area contributed by atoms with Gasteiger partial charge in [-0.05, 0) is 39.7 Å². The Bertz CT molecular complexity index is 408. The van der Waals surface area contributed by atoms with Crippen LogP contribution in [0, 0.1) is 0 Å². The van der Waals surface area contributed by atoms with E-state index >= 15 is 0 Å². The van der Waals surface area contributed by atoms with Crippen molar-refractivity contribution in [1.29, 1.82) is 0 Å². The molecule has 0 saturated heterocycles. The van der Waals surface area contributed by atoms with Crippen molar-refractivity contribution in [2.45, 2.75) is 39.7 Å². The first-order chi connectivity index (χ1) is 7.40. The number of nitrogens with zero attached hydrogens (tertiary/aromatic N) is 1. The molecule has 100 valence electrons. The van der Waals surface area contributed by atoms with Crippen LogP contribution in [0.4, 0.5) is 0 Å². The zero-order valence-corrected chi connectivity index (χ0v) is 14.4. The van der Waals surface area contributed by atoms with Crippen LogP contribution in [0.25, 0.3) is 0 Å². The van der Waals surface area contributed by atoms with Crippen LogP contribution in [0.1, 0.15) is 6.92 Å². The first-order valence-electron chi connectivity index (χ1n) is 5.48. The van der Waals surface area contributed by atoms with Crippen LogP contribution >= 0.6 is 0 Å². The summed E-state index contributed by atoms with van der Waals surface area (Å²) in [6.07, 6.45) is 1.25. The fraction of sp³-hybridized carbons (Fsp3) is 0.700. The lowest BCUT2D eigenvalue weighted by Gasteiger charge is -2.31. The molecule has 0 rings (SSSR count). The van der Waals surface area contributed by atoms with E-state index in [1.807, 2.05) is 13.1 Å². The lowest BCUT2D eigenvalue weighted by atomic mass is 10.8. The van der Waals surface area contributed by atoms with E-state index in [0.29, 0.717) is 0 Å². The lowest BCUT2D eigenvalue weighted by Crippen LogP contribution is -2.48. The Hall–Kier alpha value is -0.246. The summed E-state index contributed by atoms with van der Waals surface area (Å²) < 4.78 is 30.0. The smallest absolute Gasteiger partial charge is 0.191 e. The Morgan fingerprint density at radius 1 is 1.29 bits per heavy atom. The van der Waals surface area contributed by atoms with Crippen LogP contribution in [0.2, 0.25) is 32.7 Å². The molecular formula is C10H23NO3SSi2. The minimum atomic E-state index is -3.31. The molecule has 0 aromatic carbocycles. The van der Waals surface area contributed by atoms with Crippen molar-refractivity contribution in [3.8, 4) is 0 Å². The largest absolute Gasteiger partial charge is 0.455 e. The van der Waals surface area contributed by atoms with E-state index in [9.17, 15) is 8.42 Å². The molecule has 0 bridgehead atoms. The molecule has 4 nitrogen and oxygen atoms in total. The summed E-state index contributed by atoms with van der Waals surface area (Å²) in [5.74, 6) is 0. The van der Waals surface area contributed by atoms with Gasteiger partial charge in [-0.15, -0.1) is 0 Å². The average Bonchev–Trinajstić information content (AvgIpc) is 1.96. The van der Waals surface area contributed by atoms with E-state index in [-0.39, 0.29) is 10.4 Å². The highest BCUT2D eigenvalue weighted by Crippen LogP contribution is 2.16. The maximum absolute atomic E-state index is 12.0. The summed E-state index contributed by atoms with van der Waals surface area (Å²) >= 11 is 0. The van der Waals surface area contributed by atoms with Gasteiger partial charge in [0.05, 0.1) is 5.38 Å². The van der Waals surface area contributed by atoms with Crippen LogP contribution in [-0.2, 0) is 14.0 Å². The third-order valence-corrected chi connectivity index (χ3v) is 11.8. The van der Waals surface area contributed by atoms with Gasteiger partial charge in [-0.3, -0.25) is 4.99 Å². The highest BCUT2D eigenvalue weighted by atomic mass is 32.2. The average molecular weight is 294 g/mol. The van der Waals surface area contributed by atoms with Gasteiger partial charge in [-0.25, -0.2) is 8.42 Å². The van der Waals surface area contributed by atoms with E-state index in [1.165, 1.54) is 13.1 Å². The molecule has 0 N–H and O–H groups in total. The fourth-order valence-corrected chi connectivity index (χ4v) is 13.8. The summed E-state index contributed by atoms with van der Waals surface area (Å²) in [5, 5.41) is 0.195. The molecule has 0 atom stereocenters. The lowest BCUT2D eigenvalue weighted by molar-refractivity contribution is 0.553. The molecule has 0 unspecified atom stereocenters. The van der Waals surface area contributed by atoms with Gasteiger partial charge in [0, 0.05) is 6.20 Å². The van der Waals surface area contributed by atoms with Gasteiger partial charge in [-0.1, -0.05) is 6.58 Å². The number of hydrogen-bond acceptors (Lipinski definition) is 4. The van der Waals surface area contributed by atoms with Crippen LogP contribution in [0.5, 0.6) is 0 Å². The summed E-state index contributed by atoms with van der Waals surface area (Å²) in [5.41, 5.74) is 0. The van der Waals surface area contributed by atoms with Crippen molar-refractivity contribution < 1.29 is 12.5 Å². The normalized spacial score (nSPS) is 14.8. The Labute approximate surface area is 107 Å². The molecule has 0 fully saturated rings. The van der Waals surface area contributed by atoms with Crippen molar-refractivity contribution in [3.05, 3.63) is 12.8 Å². The molecule has 0 amide bonds. The summed E-state index contributed by atoms with van der Waals surface area (Å²) in [7, 11) is -7.23. The summed E-state index contributed by atoms with van der Waals surface area (Å²) in [6.45, 7) is 15.0. The SMILES string of the molecule is C=C/N=C(\C)S(=O)(=O)C[Si](C)(C)O[Si](C)(C)C. The molecular weight excluding hydrogens is 270 g/mol. The van der Waals surface area contributed by atoms with Crippen LogP contribution in [-0.4, -0.2) is 35.5 Å². The molecule has 0 aliphatic carbocycles. The predicted octanol–water partition coefficient (Wildman–Crippen LogP) is 2.56. The number of aliphatic imine (C=N–C) groups is 1. The molecule has 0 aromatic heterocycles. The highest BCUT2D eigenvalue weighted by molar-refractivity contribution is 8.07. The molecule has 17 heavy (non-hydrogen) atoms. The van der Waals surface area contributed by atoms with Gasteiger partial charge < -0.3 is 4.12 Å². The van der Waals surface area contributed by atoms with Gasteiger partial charge in [0.1, 0.15) is 5.04 Å². The molecule has 0 aliphatic rings. The topological polar surface area (TPSA) is 55.7 Å². The van der Waals surface area contributed by atoms with Crippen molar-refractivity contribution >= 4 is 31.5 Å². The maximum Gasteiger partial charge on any atom is 0.191 e. The fourth-order valence-electron chi connectivity index (χ4n) is 1.63. The second kappa shape index (κ2) is 5.60. The van der Waals surface area contributed by atoms with E-state index in [4.69, 9.17) is 4.12 Å². The number of hydrogen-bond donors (Lipinski definition) is 0. The molecule has 0 spiro atoms. The highest BCUT2D eigenvalue weighted by Gasteiger charge is 2.35. The van der Waals surface area contributed by atoms with Gasteiger partial charge in [0.25, 0.3) is 0 Å². The molecule has 7 heteroatoms. The van der Waals surface area contributed by atoms with Crippen LogP contribution in [0.15, 0.2) is 17.8 Å². The quantitative estimate of drug-likeness (QED) is 0.445. The van der Waals surface area contributed by atoms with Gasteiger partial charge in [-0.2, -0.15) is 0 Å². The third kappa shape index (κ3) is 6.92. The van der Waals surface area contributed by atoms with Gasteiger partial charge >= 0.3 is 0 Å². The van der Waals surface area contributed by atoms with Crippen LogP contribution in [0.3, 0.4) is 0 Å². The summed E-state index contributed by atoms with van der Waals surface area (Å²) in [6, 6.07) is 0. The Morgan fingerprint density at radius 2 is 1.76 bits per heavy atom. The molecule has 0 radical (unpaired) electrons. The van der Waals surface area contributed by atoms with E-state index in [1.54, 1.807) is 0 Å². The maximum atomic E-state index is 12.0. The minimum Gasteiger partial charge on any atom is -0.455 e. The Balaban J connectivity index is 4.95. The van der Waals surface area contributed by atoms with E-state index < -0.39 is 26.5 Å². The molecule has 0 heterocycles. The zero-order valence-electron chi connectivity index (χ0n) is 11.6. The van der Waals surface area contributed by atoms with Crippen molar-refractivity contribution in [2.75, 3.05) is 5.38 Å². The second-order valence-electron chi connectivity index (χ2n) is 5.56. The number of rotatable bonds is 5. The molecule has 0 aliphatic heterocycles. The predicted molar refractivity (Wildman–Crippen MR) is 79.0 cm³/mol. The van der Waals surface area contributed by atoms with Gasteiger partial charge in [0.15, 0.2) is 26.5 Å². The third-order valence-electron chi connectivity index (χ3n) is 1.84. The Kier molecular flexibility index (Phi) is 5.52. The second-order valence-corrected chi connectivity index (χ2v) is 17.1. The standard InChI is InChI=1S/C10H23NO3SSi2/c1-8-11-10(2)15(12,13)9-17(6,7)14-16(3,4)5/h8H,1,9H2,2-7H3/b11-10+. The first kappa shape index (κ1) is 16.8. The zero-order chi connectivity index (χ0) is 13.9. The van der Waals surface area contributed by atoms with Gasteiger partial charge in [0.2, 0.25) is 0 Å². The summed E-state index contributed by atoms with van der Waals surface area (Å²) in [4.78, 5) is 3.75. The molecule has 0 saturated carbocycles. The minimum absolute atomic E-state index is 0.0768. The number of sulfone groups is 1. The van der Waals surface area contributed by atoms with E-state index in [0.717, 1.165) is 0 Å². The Morgan fingerprint density at radius 3 is 2.12 bits per heavy atom. The molecule has 0 aromatic rings. The first-order valence-corrected chi connectivity index (χ1v) is 13.7. The van der Waals surface area contributed by atoms with E-state index in [2.05, 4.69) is 31.2 Å². The monoisotopic (exact) mass is 293 g/mol.